The molecule has 29 heavy (non-hydrogen) atoms. The van der Waals surface area contributed by atoms with Crippen LogP contribution in [-0.2, 0) is 16.4 Å². The second-order valence-electron chi connectivity index (χ2n) is 6.25. The molecule has 9 heteroatoms. The molecule has 0 bridgehead atoms. The predicted molar refractivity (Wildman–Crippen MR) is 108 cm³/mol. The maximum atomic E-state index is 12.8. The van der Waals surface area contributed by atoms with E-state index in [9.17, 15) is 23.1 Å². The maximum absolute atomic E-state index is 12.8. The van der Waals surface area contributed by atoms with Crippen molar-refractivity contribution >= 4 is 37.9 Å². The molecule has 0 spiro atoms. The van der Waals surface area contributed by atoms with E-state index < -0.39 is 21.4 Å². The molecule has 0 aliphatic rings. The Morgan fingerprint density at radius 3 is 2.55 bits per heavy atom. The van der Waals surface area contributed by atoms with Crippen LogP contribution in [-0.4, -0.2) is 29.3 Å². The summed E-state index contributed by atoms with van der Waals surface area (Å²) in [4.78, 5) is 24.4. The highest BCUT2D eigenvalue weighted by Gasteiger charge is 2.19. The van der Waals surface area contributed by atoms with Crippen molar-refractivity contribution in [3.8, 4) is 0 Å². The van der Waals surface area contributed by atoms with Gasteiger partial charge in [0.15, 0.2) is 0 Å². The number of carboxylic acids is 1. The van der Waals surface area contributed by atoms with E-state index in [0.29, 0.717) is 16.3 Å². The SMILES string of the molecule is O=C(O)c1sccc1Cn1ncc2cc(S(=O)(=O)c3ccccc3)ccc2c1=O. The summed E-state index contributed by atoms with van der Waals surface area (Å²) in [5.74, 6) is -1.06. The molecule has 4 rings (SSSR count). The van der Waals surface area contributed by atoms with E-state index in [-0.39, 0.29) is 21.2 Å². The van der Waals surface area contributed by atoms with Crippen LogP contribution in [0.1, 0.15) is 15.2 Å². The number of carboxylic acid groups (broad SMARTS) is 1. The number of thiophene rings is 1. The first-order valence-electron chi connectivity index (χ1n) is 8.47. The van der Waals surface area contributed by atoms with Crippen LogP contribution in [0.4, 0.5) is 0 Å². The van der Waals surface area contributed by atoms with Crippen LogP contribution >= 0.6 is 11.3 Å². The normalized spacial score (nSPS) is 11.6. The number of fused-ring (bicyclic) bond motifs is 1. The average molecular weight is 426 g/mol. The van der Waals surface area contributed by atoms with Gasteiger partial charge in [-0.15, -0.1) is 11.3 Å². The highest BCUT2D eigenvalue weighted by molar-refractivity contribution is 7.91. The number of carbonyl (C=O) groups is 1. The zero-order chi connectivity index (χ0) is 20.6. The Balaban J connectivity index is 1.75. The summed E-state index contributed by atoms with van der Waals surface area (Å²) in [6, 6.07) is 13.9. The lowest BCUT2D eigenvalue weighted by atomic mass is 10.2. The lowest BCUT2D eigenvalue weighted by molar-refractivity contribution is 0.0701. The molecule has 146 valence electrons. The van der Waals surface area contributed by atoms with Crippen molar-refractivity contribution in [3.05, 3.63) is 87.0 Å². The van der Waals surface area contributed by atoms with Crippen LogP contribution in [0.15, 0.2) is 80.8 Å². The average Bonchev–Trinajstić information content (AvgIpc) is 3.19. The molecule has 2 aromatic carbocycles. The number of aromatic carboxylic acids is 1. The van der Waals surface area contributed by atoms with Gasteiger partial charge in [-0.25, -0.2) is 17.9 Å². The van der Waals surface area contributed by atoms with E-state index in [2.05, 4.69) is 5.10 Å². The van der Waals surface area contributed by atoms with Crippen molar-refractivity contribution < 1.29 is 18.3 Å². The highest BCUT2D eigenvalue weighted by atomic mass is 32.2. The number of rotatable bonds is 5. The number of benzene rings is 2. The molecule has 0 unspecified atom stereocenters. The van der Waals surface area contributed by atoms with Crippen LogP contribution in [0, 0.1) is 0 Å². The molecule has 0 atom stereocenters. The molecule has 4 aromatic rings. The third-order valence-electron chi connectivity index (χ3n) is 4.45. The van der Waals surface area contributed by atoms with Crippen LogP contribution in [0.2, 0.25) is 0 Å². The van der Waals surface area contributed by atoms with Crippen LogP contribution in [0.25, 0.3) is 10.8 Å². The van der Waals surface area contributed by atoms with E-state index in [0.717, 1.165) is 11.3 Å². The largest absolute Gasteiger partial charge is 0.477 e. The van der Waals surface area contributed by atoms with Gasteiger partial charge in [0.05, 0.1) is 27.9 Å². The van der Waals surface area contributed by atoms with E-state index in [4.69, 9.17) is 0 Å². The standard InChI is InChI=1S/C20H14N2O5S2/c23-19-17-7-6-16(29(26,27)15-4-2-1-3-5-15)10-14(17)11-21-22(19)12-13-8-9-28-18(13)20(24)25/h1-11H,12H2,(H,24,25). The molecule has 0 radical (unpaired) electrons. The lowest BCUT2D eigenvalue weighted by Crippen LogP contribution is -2.23. The smallest absolute Gasteiger partial charge is 0.346 e. The third-order valence-corrected chi connectivity index (χ3v) is 7.16. The number of hydrogen-bond acceptors (Lipinski definition) is 6. The van der Waals surface area contributed by atoms with Gasteiger partial charge in [0.25, 0.3) is 5.56 Å². The van der Waals surface area contributed by atoms with Crippen molar-refractivity contribution in [1.29, 1.82) is 0 Å². The zero-order valence-electron chi connectivity index (χ0n) is 14.8. The second-order valence-corrected chi connectivity index (χ2v) is 9.12. The highest BCUT2D eigenvalue weighted by Crippen LogP contribution is 2.23. The molecule has 0 saturated carbocycles. The summed E-state index contributed by atoms with van der Waals surface area (Å²) in [5.41, 5.74) is 0.0634. The summed E-state index contributed by atoms with van der Waals surface area (Å²) in [6.07, 6.45) is 1.41. The van der Waals surface area contributed by atoms with Crippen molar-refractivity contribution in [1.82, 2.24) is 9.78 Å². The Kier molecular flexibility index (Phi) is 4.77. The van der Waals surface area contributed by atoms with E-state index in [1.54, 1.807) is 29.6 Å². The van der Waals surface area contributed by atoms with Crippen LogP contribution in [0.5, 0.6) is 0 Å². The topological polar surface area (TPSA) is 106 Å². The first-order valence-corrected chi connectivity index (χ1v) is 10.8. The van der Waals surface area contributed by atoms with Crippen molar-refractivity contribution in [2.45, 2.75) is 16.3 Å². The summed E-state index contributed by atoms with van der Waals surface area (Å²) in [5, 5.41) is 15.7. The number of nitrogens with zero attached hydrogens (tertiary/aromatic N) is 2. The quantitative estimate of drug-likeness (QED) is 0.526. The Bertz CT molecular complexity index is 1390. The molecule has 2 aromatic heterocycles. The fourth-order valence-corrected chi connectivity index (χ4v) is 5.06. The Labute approximate surface area is 169 Å². The Morgan fingerprint density at radius 1 is 1.07 bits per heavy atom. The summed E-state index contributed by atoms with van der Waals surface area (Å²) in [6.45, 7) is 0.0178. The number of hydrogen-bond donors (Lipinski definition) is 1. The van der Waals surface area contributed by atoms with Gasteiger partial charge in [-0.2, -0.15) is 5.10 Å². The van der Waals surface area contributed by atoms with Gasteiger partial charge >= 0.3 is 5.97 Å². The fraction of sp³-hybridized carbons (Fsp3) is 0.0500. The molecule has 1 N–H and O–H groups in total. The van der Waals surface area contributed by atoms with Crippen molar-refractivity contribution in [2.24, 2.45) is 0 Å². The van der Waals surface area contributed by atoms with E-state index in [1.807, 2.05) is 0 Å². The molecule has 7 nitrogen and oxygen atoms in total. The summed E-state index contributed by atoms with van der Waals surface area (Å²) in [7, 11) is -3.71. The Morgan fingerprint density at radius 2 is 1.83 bits per heavy atom. The van der Waals surface area contributed by atoms with Crippen LogP contribution < -0.4 is 5.56 Å². The molecular weight excluding hydrogens is 412 g/mol. The monoisotopic (exact) mass is 426 g/mol. The second kappa shape index (κ2) is 7.26. The lowest BCUT2D eigenvalue weighted by Gasteiger charge is -2.08. The van der Waals surface area contributed by atoms with Gasteiger partial charge < -0.3 is 5.11 Å². The van der Waals surface area contributed by atoms with E-state index >= 15 is 0 Å². The zero-order valence-corrected chi connectivity index (χ0v) is 16.5. The number of sulfone groups is 1. The molecule has 0 amide bonds. The van der Waals surface area contributed by atoms with Gasteiger partial charge in [0.2, 0.25) is 9.84 Å². The predicted octanol–water partition coefficient (Wildman–Crippen LogP) is 3.04. The molecule has 0 fully saturated rings. The molecular formula is C20H14N2O5S2. The van der Waals surface area contributed by atoms with Gasteiger partial charge in [0, 0.05) is 5.39 Å². The van der Waals surface area contributed by atoms with Crippen LogP contribution in [0.3, 0.4) is 0 Å². The van der Waals surface area contributed by atoms with Gasteiger partial charge in [-0.1, -0.05) is 18.2 Å². The van der Waals surface area contributed by atoms with Crippen molar-refractivity contribution in [3.63, 3.8) is 0 Å². The minimum absolute atomic E-state index is 0.0178. The first kappa shape index (κ1) is 19.0. The summed E-state index contributed by atoms with van der Waals surface area (Å²) >= 11 is 1.08. The Hall–Kier alpha value is -3.30. The fourth-order valence-electron chi connectivity index (χ4n) is 2.99. The molecule has 0 aliphatic carbocycles. The third kappa shape index (κ3) is 3.45. The summed E-state index contributed by atoms with van der Waals surface area (Å²) < 4.78 is 26.7. The maximum Gasteiger partial charge on any atom is 0.346 e. The van der Waals surface area contributed by atoms with Crippen molar-refractivity contribution in [2.75, 3.05) is 0 Å². The van der Waals surface area contributed by atoms with E-state index in [1.165, 1.54) is 41.2 Å². The molecule has 0 aliphatic heterocycles. The minimum Gasteiger partial charge on any atom is -0.477 e. The molecule has 0 saturated heterocycles. The van der Waals surface area contributed by atoms with Gasteiger partial charge in [-0.3, -0.25) is 4.79 Å². The minimum atomic E-state index is -3.71. The molecule has 2 heterocycles. The van der Waals surface area contributed by atoms with Gasteiger partial charge in [0.1, 0.15) is 4.88 Å². The van der Waals surface area contributed by atoms with Gasteiger partial charge in [-0.05, 0) is 47.3 Å². The first-order chi connectivity index (χ1) is 13.9. The number of aromatic nitrogens is 2.